The van der Waals surface area contributed by atoms with E-state index < -0.39 is 5.91 Å². The predicted octanol–water partition coefficient (Wildman–Crippen LogP) is 1.72. The molecular weight excluding hydrogens is 278 g/mol. The van der Waals surface area contributed by atoms with Crippen LogP contribution in [-0.4, -0.2) is 17.5 Å². The molecule has 0 aliphatic heterocycles. The number of aromatic nitrogens is 1. The fourth-order valence-corrected chi connectivity index (χ4v) is 2.22. The average Bonchev–Trinajstić information content (AvgIpc) is 2.94. The van der Waals surface area contributed by atoms with Crippen molar-refractivity contribution < 1.29 is 14.3 Å². The number of hydrogen-bond donors (Lipinski definition) is 2. The topological polar surface area (TPSA) is 86.5 Å². The van der Waals surface area contributed by atoms with E-state index in [0.717, 1.165) is 5.75 Å². The number of ether oxygens (including phenoxy) is 2. The van der Waals surface area contributed by atoms with Gasteiger partial charge in [0.1, 0.15) is 18.1 Å². The van der Waals surface area contributed by atoms with Gasteiger partial charge in [-0.2, -0.15) is 0 Å². The lowest BCUT2D eigenvalue weighted by atomic mass is 10.3. The van der Waals surface area contributed by atoms with E-state index >= 15 is 0 Å². The lowest BCUT2D eigenvalue weighted by Gasteiger charge is -2.07. The van der Waals surface area contributed by atoms with Gasteiger partial charge in [0.25, 0.3) is 5.91 Å². The first kappa shape index (κ1) is 14.3. The molecule has 0 fully saturated rings. The molecule has 0 saturated carbocycles. The number of carbonyl (C=O) groups is 1. The number of nitrogens with one attached hydrogen (secondary N) is 1. The fourth-order valence-electron chi connectivity index (χ4n) is 1.52. The predicted molar refractivity (Wildman–Crippen MR) is 75.7 cm³/mol. The van der Waals surface area contributed by atoms with E-state index in [9.17, 15) is 4.79 Å². The Morgan fingerprint density at radius 1 is 1.40 bits per heavy atom. The summed E-state index contributed by atoms with van der Waals surface area (Å²) in [6.45, 7) is 2.81. The number of thiazole rings is 1. The molecule has 1 aromatic heterocycles. The van der Waals surface area contributed by atoms with Crippen molar-refractivity contribution in [2.24, 2.45) is 5.84 Å². The molecule has 0 bridgehead atoms. The van der Waals surface area contributed by atoms with Gasteiger partial charge in [0.2, 0.25) is 0 Å². The van der Waals surface area contributed by atoms with Crippen LogP contribution in [0.25, 0.3) is 0 Å². The molecule has 7 heteroatoms. The van der Waals surface area contributed by atoms with Crippen LogP contribution in [-0.2, 0) is 6.61 Å². The standard InChI is InChI=1S/C13H15N3O3S/c1-2-18-10-4-3-5-11(6-10)19-7-9-8-20-13(15-9)12(17)16-14/h3-6,8H,2,7,14H2,1H3,(H,16,17). The second kappa shape index (κ2) is 6.88. The molecule has 0 unspecified atom stereocenters. The highest BCUT2D eigenvalue weighted by molar-refractivity contribution is 7.11. The van der Waals surface area contributed by atoms with Gasteiger partial charge in [-0.1, -0.05) is 6.07 Å². The second-order valence-electron chi connectivity index (χ2n) is 3.81. The van der Waals surface area contributed by atoms with Crippen LogP contribution in [0, 0.1) is 0 Å². The van der Waals surface area contributed by atoms with Crippen molar-refractivity contribution in [3.8, 4) is 11.5 Å². The maximum absolute atomic E-state index is 11.3. The third-order valence-electron chi connectivity index (χ3n) is 2.38. The van der Waals surface area contributed by atoms with Crippen LogP contribution >= 0.6 is 11.3 Å². The van der Waals surface area contributed by atoms with E-state index in [1.807, 2.05) is 36.6 Å². The molecule has 3 N–H and O–H groups in total. The number of hydrazine groups is 1. The molecule has 0 spiro atoms. The monoisotopic (exact) mass is 293 g/mol. The van der Waals surface area contributed by atoms with Crippen molar-refractivity contribution in [3.05, 3.63) is 40.3 Å². The molecule has 6 nitrogen and oxygen atoms in total. The van der Waals surface area contributed by atoms with Crippen LogP contribution in [0.4, 0.5) is 0 Å². The van der Waals surface area contributed by atoms with E-state index in [4.69, 9.17) is 15.3 Å². The summed E-state index contributed by atoms with van der Waals surface area (Å²) in [7, 11) is 0. The molecular formula is C13H15N3O3S. The SMILES string of the molecule is CCOc1cccc(OCc2csc(C(=O)NN)n2)c1. The van der Waals surface area contributed by atoms with E-state index in [1.54, 1.807) is 5.38 Å². The maximum Gasteiger partial charge on any atom is 0.294 e. The Kier molecular flexibility index (Phi) is 4.91. The molecule has 1 amide bonds. The Morgan fingerprint density at radius 2 is 2.15 bits per heavy atom. The number of carbonyl (C=O) groups excluding carboxylic acids is 1. The number of nitrogen functional groups attached to an aromatic ring is 1. The highest BCUT2D eigenvalue weighted by atomic mass is 32.1. The smallest absolute Gasteiger partial charge is 0.294 e. The molecule has 0 aliphatic carbocycles. The third kappa shape index (κ3) is 3.69. The molecule has 0 radical (unpaired) electrons. The molecule has 0 atom stereocenters. The van der Waals surface area contributed by atoms with E-state index in [1.165, 1.54) is 11.3 Å². The molecule has 1 heterocycles. The number of benzene rings is 1. The lowest BCUT2D eigenvalue weighted by molar-refractivity contribution is 0.0953. The number of nitrogens with zero attached hydrogens (tertiary/aromatic N) is 1. The zero-order valence-electron chi connectivity index (χ0n) is 11.0. The van der Waals surface area contributed by atoms with Crippen LogP contribution in [0.3, 0.4) is 0 Å². The van der Waals surface area contributed by atoms with Gasteiger partial charge >= 0.3 is 0 Å². The van der Waals surface area contributed by atoms with E-state index in [2.05, 4.69) is 4.98 Å². The summed E-state index contributed by atoms with van der Waals surface area (Å²) < 4.78 is 11.0. The van der Waals surface area contributed by atoms with E-state index in [0.29, 0.717) is 23.1 Å². The van der Waals surface area contributed by atoms with Crippen LogP contribution in [0.1, 0.15) is 22.4 Å². The van der Waals surface area contributed by atoms with Crippen molar-refractivity contribution in [1.29, 1.82) is 0 Å². The Balaban J connectivity index is 1.96. The molecule has 1 aromatic carbocycles. The molecule has 20 heavy (non-hydrogen) atoms. The largest absolute Gasteiger partial charge is 0.494 e. The summed E-state index contributed by atoms with van der Waals surface area (Å²) >= 11 is 1.22. The first-order valence-corrected chi connectivity index (χ1v) is 6.92. The summed E-state index contributed by atoms with van der Waals surface area (Å²) in [5.74, 6) is 6.09. The van der Waals surface area contributed by atoms with Crippen LogP contribution in [0.15, 0.2) is 29.6 Å². The zero-order valence-corrected chi connectivity index (χ0v) is 11.8. The van der Waals surface area contributed by atoms with Gasteiger partial charge in [-0.05, 0) is 19.1 Å². The average molecular weight is 293 g/mol. The summed E-state index contributed by atoms with van der Waals surface area (Å²) in [5.41, 5.74) is 2.72. The minimum absolute atomic E-state index is 0.282. The minimum atomic E-state index is -0.403. The van der Waals surface area contributed by atoms with Crippen molar-refractivity contribution in [2.45, 2.75) is 13.5 Å². The number of rotatable bonds is 6. The highest BCUT2D eigenvalue weighted by Crippen LogP contribution is 2.20. The quantitative estimate of drug-likeness (QED) is 0.481. The van der Waals surface area contributed by atoms with Gasteiger partial charge in [-0.3, -0.25) is 10.2 Å². The molecule has 2 rings (SSSR count). The Morgan fingerprint density at radius 3 is 2.85 bits per heavy atom. The second-order valence-corrected chi connectivity index (χ2v) is 4.67. The van der Waals surface area contributed by atoms with Gasteiger partial charge in [-0.25, -0.2) is 10.8 Å². The zero-order chi connectivity index (χ0) is 14.4. The summed E-state index contributed by atoms with van der Waals surface area (Å²) in [5, 5.41) is 2.07. The van der Waals surface area contributed by atoms with Crippen LogP contribution in [0.2, 0.25) is 0 Å². The minimum Gasteiger partial charge on any atom is -0.494 e. The molecule has 106 valence electrons. The first-order chi connectivity index (χ1) is 9.72. The Bertz CT molecular complexity index is 586. The van der Waals surface area contributed by atoms with E-state index in [-0.39, 0.29) is 6.61 Å². The van der Waals surface area contributed by atoms with Gasteiger partial charge in [0.15, 0.2) is 5.01 Å². The fraction of sp³-hybridized carbons (Fsp3) is 0.231. The summed E-state index contributed by atoms with van der Waals surface area (Å²) in [6, 6.07) is 7.36. The highest BCUT2D eigenvalue weighted by Gasteiger charge is 2.09. The summed E-state index contributed by atoms with van der Waals surface area (Å²) in [6.07, 6.45) is 0. The Labute approximate surface area is 120 Å². The Hall–Kier alpha value is -2.12. The summed E-state index contributed by atoms with van der Waals surface area (Å²) in [4.78, 5) is 15.4. The lowest BCUT2D eigenvalue weighted by Crippen LogP contribution is -2.29. The van der Waals surface area contributed by atoms with Crippen molar-refractivity contribution in [2.75, 3.05) is 6.61 Å². The maximum atomic E-state index is 11.3. The number of nitrogens with two attached hydrogens (primary N) is 1. The first-order valence-electron chi connectivity index (χ1n) is 6.04. The molecule has 0 aliphatic rings. The van der Waals surface area contributed by atoms with Gasteiger partial charge < -0.3 is 9.47 Å². The van der Waals surface area contributed by atoms with Crippen molar-refractivity contribution in [1.82, 2.24) is 10.4 Å². The van der Waals surface area contributed by atoms with Crippen LogP contribution < -0.4 is 20.7 Å². The van der Waals surface area contributed by atoms with Crippen LogP contribution in [0.5, 0.6) is 11.5 Å². The number of hydrogen-bond acceptors (Lipinski definition) is 6. The molecule has 0 saturated heterocycles. The van der Waals surface area contributed by atoms with Gasteiger partial charge in [0.05, 0.1) is 12.3 Å². The number of amides is 1. The normalized spacial score (nSPS) is 10.1. The van der Waals surface area contributed by atoms with Crippen molar-refractivity contribution in [3.63, 3.8) is 0 Å². The third-order valence-corrected chi connectivity index (χ3v) is 3.27. The molecule has 2 aromatic rings. The van der Waals surface area contributed by atoms with Crippen molar-refractivity contribution >= 4 is 17.2 Å². The van der Waals surface area contributed by atoms with Gasteiger partial charge in [0, 0.05) is 11.4 Å². The van der Waals surface area contributed by atoms with Gasteiger partial charge in [-0.15, -0.1) is 11.3 Å².